The minimum absolute atomic E-state index is 0.0656. The van der Waals surface area contributed by atoms with E-state index in [0.29, 0.717) is 11.0 Å². The smallest absolute Gasteiger partial charge is 0.270 e. The van der Waals surface area contributed by atoms with Gasteiger partial charge in [-0.25, -0.2) is 0 Å². The average molecular weight is 165 g/mol. The van der Waals surface area contributed by atoms with Crippen molar-refractivity contribution in [1.29, 1.82) is 0 Å². The number of nitrogens with zero attached hydrogens (tertiary/aromatic N) is 2. The van der Waals surface area contributed by atoms with Crippen LogP contribution in [-0.4, -0.2) is 10.1 Å². The summed E-state index contributed by atoms with van der Waals surface area (Å²) in [5.74, 6) is 0. The summed E-state index contributed by atoms with van der Waals surface area (Å²) < 4.78 is 12.0. The molecule has 60 valence electrons. The van der Waals surface area contributed by atoms with Crippen molar-refractivity contribution in [1.82, 2.24) is 5.16 Å². The summed E-state index contributed by atoms with van der Waals surface area (Å²) in [5.41, 5.74) is 0.319. The predicted molar refractivity (Wildman–Crippen MR) is 40.7 cm³/mol. The Morgan fingerprint density at radius 3 is 3.25 bits per heavy atom. The molecule has 0 spiro atoms. The number of rotatable bonds is 1. The summed E-state index contributed by atoms with van der Waals surface area (Å²) in [6.07, 6.45) is -0.0845. The van der Waals surface area contributed by atoms with Gasteiger partial charge in [-0.05, 0) is 6.07 Å². The van der Waals surface area contributed by atoms with Crippen LogP contribution in [0.2, 0.25) is 0 Å². The van der Waals surface area contributed by atoms with Crippen molar-refractivity contribution in [2.45, 2.75) is 0 Å². The SMILES string of the molecule is [2H]c1noc2ccc([N+](=O)[O-])cc12. The maximum atomic E-state index is 10.4. The molecule has 0 bridgehead atoms. The van der Waals surface area contributed by atoms with Crippen molar-refractivity contribution in [2.24, 2.45) is 0 Å². The van der Waals surface area contributed by atoms with Crippen molar-refractivity contribution in [3.63, 3.8) is 0 Å². The first-order valence-corrected chi connectivity index (χ1v) is 3.19. The van der Waals surface area contributed by atoms with Gasteiger partial charge in [0.25, 0.3) is 5.69 Å². The van der Waals surface area contributed by atoms with Gasteiger partial charge in [0.15, 0.2) is 5.58 Å². The van der Waals surface area contributed by atoms with E-state index < -0.39 is 4.92 Å². The molecule has 0 aliphatic rings. The molecule has 0 saturated carbocycles. The standard InChI is InChI=1S/C7H4N2O3/c10-9(11)6-1-2-7-5(3-6)4-8-12-7/h1-4H/i4D. The predicted octanol–water partition coefficient (Wildman–Crippen LogP) is 1.74. The molecule has 0 atom stereocenters. The third-order valence-corrected chi connectivity index (χ3v) is 1.48. The molecule has 0 radical (unpaired) electrons. The molecule has 0 saturated heterocycles. The Balaban J connectivity index is 2.72. The van der Waals surface area contributed by atoms with Crippen molar-refractivity contribution in [3.05, 3.63) is 34.5 Å². The van der Waals surface area contributed by atoms with E-state index in [4.69, 9.17) is 5.89 Å². The number of non-ortho nitro benzene ring substituents is 1. The summed E-state index contributed by atoms with van der Waals surface area (Å²) in [6, 6.07) is 4.01. The van der Waals surface area contributed by atoms with Gasteiger partial charge in [0.2, 0.25) is 0 Å². The van der Waals surface area contributed by atoms with E-state index in [2.05, 4.69) is 5.16 Å². The Hall–Kier alpha value is -1.91. The third-order valence-electron chi connectivity index (χ3n) is 1.48. The fourth-order valence-electron chi connectivity index (χ4n) is 0.920. The van der Waals surface area contributed by atoms with Crippen LogP contribution < -0.4 is 0 Å². The van der Waals surface area contributed by atoms with E-state index >= 15 is 0 Å². The van der Waals surface area contributed by atoms with Gasteiger partial charge in [-0.2, -0.15) is 0 Å². The molecule has 0 fully saturated rings. The average Bonchev–Trinajstić information content (AvgIpc) is 2.47. The van der Waals surface area contributed by atoms with Crippen LogP contribution in [0, 0.1) is 10.1 Å². The summed E-state index contributed by atoms with van der Waals surface area (Å²) in [7, 11) is 0. The van der Waals surface area contributed by atoms with Gasteiger partial charge in [-0.15, -0.1) is 0 Å². The van der Waals surface area contributed by atoms with E-state index in [0.717, 1.165) is 0 Å². The lowest BCUT2D eigenvalue weighted by Crippen LogP contribution is -1.85. The van der Waals surface area contributed by atoms with Gasteiger partial charge in [-0.1, -0.05) is 5.16 Å². The third kappa shape index (κ3) is 0.914. The zero-order valence-electron chi connectivity index (χ0n) is 6.85. The highest BCUT2D eigenvalue weighted by molar-refractivity contribution is 5.78. The lowest BCUT2D eigenvalue weighted by atomic mass is 10.2. The number of nitro benzene ring substituents is 1. The molecular formula is C7H4N2O3. The van der Waals surface area contributed by atoms with Crippen molar-refractivity contribution in [2.75, 3.05) is 0 Å². The van der Waals surface area contributed by atoms with E-state index in [9.17, 15) is 10.1 Å². The maximum Gasteiger partial charge on any atom is 0.270 e. The molecule has 5 heteroatoms. The van der Waals surface area contributed by atoms with Crippen molar-refractivity contribution < 1.29 is 10.8 Å². The molecule has 0 N–H and O–H groups in total. The summed E-state index contributed by atoms with van der Waals surface area (Å²) in [4.78, 5) is 9.85. The Bertz CT molecular complexity index is 480. The van der Waals surface area contributed by atoms with Crippen LogP contribution in [0.25, 0.3) is 11.0 Å². The number of nitro groups is 1. The van der Waals surface area contributed by atoms with Crippen LogP contribution in [0.3, 0.4) is 0 Å². The second-order valence-electron chi connectivity index (χ2n) is 2.23. The lowest BCUT2D eigenvalue weighted by molar-refractivity contribution is -0.384. The number of hydrogen-bond donors (Lipinski definition) is 0. The van der Waals surface area contributed by atoms with Crippen LogP contribution in [0.5, 0.6) is 0 Å². The molecular weight excluding hydrogens is 160 g/mol. The Kier molecular flexibility index (Phi) is 1.09. The number of aromatic nitrogens is 1. The molecule has 2 rings (SSSR count). The Labute approximate surface area is 68.1 Å². The fraction of sp³-hybridized carbons (Fsp3) is 0. The lowest BCUT2D eigenvalue weighted by Gasteiger charge is -1.88. The number of benzene rings is 1. The van der Waals surface area contributed by atoms with Crippen molar-refractivity contribution in [3.8, 4) is 0 Å². The highest BCUT2D eigenvalue weighted by Crippen LogP contribution is 2.19. The second kappa shape index (κ2) is 2.30. The highest BCUT2D eigenvalue weighted by Gasteiger charge is 2.07. The minimum atomic E-state index is -0.522. The quantitative estimate of drug-likeness (QED) is 0.476. The van der Waals surface area contributed by atoms with Gasteiger partial charge >= 0.3 is 0 Å². The monoisotopic (exact) mass is 165 g/mol. The van der Waals surface area contributed by atoms with Crippen LogP contribution in [0.1, 0.15) is 1.37 Å². The topological polar surface area (TPSA) is 69.2 Å². The molecule has 5 nitrogen and oxygen atoms in total. The number of fused-ring (bicyclic) bond motifs is 1. The summed E-state index contributed by atoms with van der Waals surface area (Å²) in [6.45, 7) is 0. The molecule has 12 heavy (non-hydrogen) atoms. The van der Waals surface area contributed by atoms with E-state index in [1.165, 1.54) is 18.2 Å². The largest absolute Gasteiger partial charge is 0.356 e. The van der Waals surface area contributed by atoms with Crippen molar-refractivity contribution >= 4 is 16.7 Å². The molecule has 2 aromatic rings. The van der Waals surface area contributed by atoms with E-state index in [-0.39, 0.29) is 11.9 Å². The second-order valence-corrected chi connectivity index (χ2v) is 2.23. The van der Waals surface area contributed by atoms with Crippen LogP contribution in [0.15, 0.2) is 28.9 Å². The first kappa shape index (κ1) is 5.70. The van der Waals surface area contributed by atoms with Gasteiger partial charge < -0.3 is 4.52 Å². The van der Waals surface area contributed by atoms with Gasteiger partial charge in [-0.3, -0.25) is 10.1 Å². The number of hydrogen-bond acceptors (Lipinski definition) is 4. The van der Waals surface area contributed by atoms with Crippen LogP contribution in [-0.2, 0) is 0 Å². The van der Waals surface area contributed by atoms with Gasteiger partial charge in [0.05, 0.1) is 12.5 Å². The Morgan fingerprint density at radius 1 is 1.67 bits per heavy atom. The summed E-state index contributed by atoms with van der Waals surface area (Å²) >= 11 is 0. The first-order valence-electron chi connectivity index (χ1n) is 3.69. The van der Waals surface area contributed by atoms with E-state index in [1.54, 1.807) is 0 Å². The molecule has 0 amide bonds. The van der Waals surface area contributed by atoms with Gasteiger partial charge in [0, 0.05) is 17.5 Å². The van der Waals surface area contributed by atoms with Crippen LogP contribution >= 0.6 is 0 Å². The fourth-order valence-corrected chi connectivity index (χ4v) is 0.920. The first-order chi connectivity index (χ1) is 6.18. The van der Waals surface area contributed by atoms with Crippen LogP contribution in [0.4, 0.5) is 5.69 Å². The molecule has 1 aromatic heterocycles. The maximum absolute atomic E-state index is 10.4. The normalized spacial score (nSPS) is 11.5. The summed E-state index contributed by atoms with van der Waals surface area (Å²) in [5, 5.41) is 14.1. The molecule has 1 heterocycles. The molecule has 0 unspecified atom stereocenters. The minimum Gasteiger partial charge on any atom is -0.356 e. The molecule has 1 aromatic carbocycles. The highest BCUT2D eigenvalue weighted by atomic mass is 16.6. The zero-order chi connectivity index (χ0) is 9.42. The molecule has 0 aliphatic carbocycles. The van der Waals surface area contributed by atoms with Gasteiger partial charge in [0.1, 0.15) is 0 Å². The molecule has 0 aliphatic heterocycles. The zero-order valence-corrected chi connectivity index (χ0v) is 5.85. The van der Waals surface area contributed by atoms with E-state index in [1.807, 2.05) is 0 Å². The Morgan fingerprint density at radius 2 is 2.50 bits per heavy atom.